The molecular formula is C11H18. The molecule has 0 heteroatoms. The van der Waals surface area contributed by atoms with Crippen molar-refractivity contribution in [3.8, 4) is 0 Å². The van der Waals surface area contributed by atoms with Crippen molar-refractivity contribution in [2.45, 2.75) is 46.0 Å². The molecule has 0 aromatic heterocycles. The highest BCUT2D eigenvalue weighted by Gasteiger charge is 2.02. The summed E-state index contributed by atoms with van der Waals surface area (Å²) in [4.78, 5) is 0. The average Bonchev–Trinajstić information content (AvgIpc) is 2.03. The maximum absolute atomic E-state index is 2.31. The van der Waals surface area contributed by atoms with Crippen LogP contribution in [0.1, 0.15) is 46.0 Å². The van der Waals surface area contributed by atoms with Crippen molar-refractivity contribution in [3.05, 3.63) is 23.3 Å². The first-order chi connectivity index (χ1) is 5.29. The molecule has 0 unspecified atom stereocenters. The highest BCUT2D eigenvalue weighted by atomic mass is 14.1. The number of hydrogen-bond acceptors (Lipinski definition) is 0. The first-order valence-electron chi connectivity index (χ1n) is 4.62. The van der Waals surface area contributed by atoms with Crippen molar-refractivity contribution in [2.75, 3.05) is 0 Å². The fourth-order valence-electron chi connectivity index (χ4n) is 1.46. The van der Waals surface area contributed by atoms with E-state index in [9.17, 15) is 0 Å². The standard InChI is InChI=1S/C11H18/c1-10(2)8-9-11-6-4-3-5-7-11/h8-9H,3-7H2,1-2H3. The largest absolute Gasteiger partial charge is 0.0764 e. The highest BCUT2D eigenvalue weighted by molar-refractivity contribution is 5.16. The van der Waals surface area contributed by atoms with Gasteiger partial charge in [0.05, 0.1) is 0 Å². The second-order valence-corrected chi connectivity index (χ2v) is 3.63. The molecule has 0 heterocycles. The van der Waals surface area contributed by atoms with Crippen LogP contribution in [0.25, 0.3) is 0 Å². The SMILES string of the molecule is CC(C)=CC=C1CCCCC1. The molecule has 0 atom stereocenters. The van der Waals surface area contributed by atoms with E-state index >= 15 is 0 Å². The molecule has 0 N–H and O–H groups in total. The maximum Gasteiger partial charge on any atom is -0.0317 e. The molecule has 0 radical (unpaired) electrons. The highest BCUT2D eigenvalue weighted by Crippen LogP contribution is 2.22. The van der Waals surface area contributed by atoms with Crippen LogP contribution in [0.2, 0.25) is 0 Å². The van der Waals surface area contributed by atoms with Gasteiger partial charge in [-0.1, -0.05) is 29.7 Å². The van der Waals surface area contributed by atoms with E-state index in [4.69, 9.17) is 0 Å². The minimum Gasteiger partial charge on any atom is -0.0764 e. The van der Waals surface area contributed by atoms with E-state index in [1.807, 2.05) is 0 Å². The van der Waals surface area contributed by atoms with Gasteiger partial charge in [-0.05, 0) is 39.5 Å². The molecule has 0 aromatic carbocycles. The summed E-state index contributed by atoms with van der Waals surface area (Å²) in [6, 6.07) is 0. The van der Waals surface area contributed by atoms with Gasteiger partial charge in [-0.15, -0.1) is 0 Å². The molecule has 0 aromatic rings. The molecule has 1 aliphatic carbocycles. The summed E-state index contributed by atoms with van der Waals surface area (Å²) in [5.74, 6) is 0. The van der Waals surface area contributed by atoms with Gasteiger partial charge >= 0.3 is 0 Å². The lowest BCUT2D eigenvalue weighted by Gasteiger charge is -2.12. The molecule has 62 valence electrons. The monoisotopic (exact) mass is 150 g/mol. The van der Waals surface area contributed by atoms with Crippen LogP contribution >= 0.6 is 0 Å². The Hall–Kier alpha value is -0.520. The lowest BCUT2D eigenvalue weighted by molar-refractivity contribution is 0.599. The van der Waals surface area contributed by atoms with Crippen LogP contribution in [0.4, 0.5) is 0 Å². The average molecular weight is 150 g/mol. The van der Waals surface area contributed by atoms with Gasteiger partial charge < -0.3 is 0 Å². The zero-order valence-corrected chi connectivity index (χ0v) is 7.69. The van der Waals surface area contributed by atoms with Crippen LogP contribution in [-0.2, 0) is 0 Å². The molecule has 1 aliphatic rings. The van der Waals surface area contributed by atoms with Crippen LogP contribution in [-0.4, -0.2) is 0 Å². The minimum atomic E-state index is 1.34. The molecule has 0 bridgehead atoms. The second kappa shape index (κ2) is 4.38. The fourth-order valence-corrected chi connectivity index (χ4v) is 1.46. The molecule has 0 aliphatic heterocycles. The number of allylic oxidation sites excluding steroid dienone is 4. The van der Waals surface area contributed by atoms with Crippen LogP contribution < -0.4 is 0 Å². The van der Waals surface area contributed by atoms with Crippen molar-refractivity contribution in [1.29, 1.82) is 0 Å². The molecule has 0 spiro atoms. The Morgan fingerprint density at radius 3 is 2.27 bits per heavy atom. The topological polar surface area (TPSA) is 0 Å². The molecular weight excluding hydrogens is 132 g/mol. The Morgan fingerprint density at radius 2 is 1.73 bits per heavy atom. The summed E-state index contributed by atoms with van der Waals surface area (Å²) >= 11 is 0. The lowest BCUT2D eigenvalue weighted by Crippen LogP contribution is -1.92. The van der Waals surface area contributed by atoms with Gasteiger partial charge in [0.25, 0.3) is 0 Å². The minimum absolute atomic E-state index is 1.34. The summed E-state index contributed by atoms with van der Waals surface area (Å²) in [6.45, 7) is 4.31. The van der Waals surface area contributed by atoms with Gasteiger partial charge in [-0.3, -0.25) is 0 Å². The fraction of sp³-hybridized carbons (Fsp3) is 0.636. The summed E-state index contributed by atoms with van der Waals surface area (Å²) in [5.41, 5.74) is 3.06. The molecule has 0 nitrogen and oxygen atoms in total. The van der Waals surface area contributed by atoms with Crippen molar-refractivity contribution in [2.24, 2.45) is 0 Å². The van der Waals surface area contributed by atoms with Crippen LogP contribution in [0.3, 0.4) is 0 Å². The first-order valence-corrected chi connectivity index (χ1v) is 4.62. The van der Waals surface area contributed by atoms with Crippen LogP contribution in [0, 0.1) is 0 Å². The van der Waals surface area contributed by atoms with Crippen molar-refractivity contribution in [3.63, 3.8) is 0 Å². The lowest BCUT2D eigenvalue weighted by atomic mass is 9.94. The van der Waals surface area contributed by atoms with Gasteiger partial charge in [-0.25, -0.2) is 0 Å². The van der Waals surface area contributed by atoms with E-state index in [2.05, 4.69) is 26.0 Å². The summed E-state index contributed by atoms with van der Waals surface area (Å²) in [5, 5.41) is 0. The van der Waals surface area contributed by atoms with Gasteiger partial charge in [-0.2, -0.15) is 0 Å². The van der Waals surface area contributed by atoms with E-state index in [1.165, 1.54) is 37.7 Å². The van der Waals surface area contributed by atoms with Crippen LogP contribution in [0.5, 0.6) is 0 Å². The molecule has 1 rings (SSSR count). The van der Waals surface area contributed by atoms with E-state index in [0.29, 0.717) is 0 Å². The normalized spacial score (nSPS) is 17.8. The second-order valence-electron chi connectivity index (χ2n) is 3.63. The third kappa shape index (κ3) is 3.41. The summed E-state index contributed by atoms with van der Waals surface area (Å²) in [6.07, 6.45) is 11.5. The van der Waals surface area contributed by atoms with Crippen molar-refractivity contribution in [1.82, 2.24) is 0 Å². The Balaban J connectivity index is 2.44. The predicted octanol–water partition coefficient (Wildman–Crippen LogP) is 3.84. The quantitative estimate of drug-likeness (QED) is 0.532. The number of rotatable bonds is 1. The molecule has 1 fully saturated rings. The molecule has 0 amide bonds. The summed E-state index contributed by atoms with van der Waals surface area (Å²) in [7, 11) is 0. The van der Waals surface area contributed by atoms with E-state index in [0.717, 1.165) is 0 Å². The Morgan fingerprint density at radius 1 is 1.09 bits per heavy atom. The van der Waals surface area contributed by atoms with E-state index < -0.39 is 0 Å². The molecule has 1 saturated carbocycles. The Kier molecular flexibility index (Phi) is 3.41. The van der Waals surface area contributed by atoms with Crippen LogP contribution in [0.15, 0.2) is 23.3 Å². The van der Waals surface area contributed by atoms with Crippen molar-refractivity contribution < 1.29 is 0 Å². The van der Waals surface area contributed by atoms with Gasteiger partial charge in [0.15, 0.2) is 0 Å². The van der Waals surface area contributed by atoms with E-state index in [-0.39, 0.29) is 0 Å². The Labute approximate surface area is 70.0 Å². The van der Waals surface area contributed by atoms with E-state index in [1.54, 1.807) is 5.57 Å². The summed E-state index contributed by atoms with van der Waals surface area (Å²) < 4.78 is 0. The van der Waals surface area contributed by atoms with Gasteiger partial charge in [0.1, 0.15) is 0 Å². The third-order valence-electron chi connectivity index (χ3n) is 2.15. The first kappa shape index (κ1) is 8.58. The van der Waals surface area contributed by atoms with Gasteiger partial charge in [0, 0.05) is 0 Å². The Bertz CT molecular complexity index is 160. The maximum atomic E-state index is 2.31. The number of hydrogen-bond donors (Lipinski definition) is 0. The predicted molar refractivity (Wildman–Crippen MR) is 50.6 cm³/mol. The van der Waals surface area contributed by atoms with Crippen molar-refractivity contribution >= 4 is 0 Å². The molecule has 11 heavy (non-hydrogen) atoms. The third-order valence-corrected chi connectivity index (χ3v) is 2.15. The smallest absolute Gasteiger partial charge is 0.0317 e. The zero-order valence-electron chi connectivity index (χ0n) is 7.69. The zero-order chi connectivity index (χ0) is 8.10. The van der Waals surface area contributed by atoms with Gasteiger partial charge in [0.2, 0.25) is 0 Å². The molecule has 0 saturated heterocycles.